The summed E-state index contributed by atoms with van der Waals surface area (Å²) in [4.78, 5) is 14.5. The summed E-state index contributed by atoms with van der Waals surface area (Å²) >= 11 is 3.26. The Hall–Kier alpha value is -0.770. The smallest absolute Gasteiger partial charge is 0.253 e. The highest BCUT2D eigenvalue weighted by Gasteiger charge is 2.38. The zero-order valence-electron chi connectivity index (χ0n) is 7.36. The maximum absolute atomic E-state index is 11.6. The zero-order chi connectivity index (χ0) is 9.47. The van der Waals surface area contributed by atoms with Crippen LogP contribution in [0.3, 0.4) is 0 Å². The van der Waals surface area contributed by atoms with E-state index in [-0.39, 0.29) is 11.4 Å². The molecule has 70 valence electrons. The maximum Gasteiger partial charge on any atom is 0.253 e. The second kappa shape index (κ2) is 2.87. The molecule has 1 saturated carbocycles. The molecule has 0 bridgehead atoms. The Morgan fingerprint density at radius 3 is 2.85 bits per heavy atom. The van der Waals surface area contributed by atoms with Crippen LogP contribution in [0.15, 0.2) is 16.9 Å². The highest BCUT2D eigenvalue weighted by molar-refractivity contribution is 9.10. The van der Waals surface area contributed by atoms with Crippen LogP contribution < -0.4 is 5.32 Å². The number of rotatable bonds is 2. The number of carbonyl (C=O) groups is 1. The first-order chi connectivity index (χ1) is 6.09. The second-order valence-corrected chi connectivity index (χ2v) is 4.61. The summed E-state index contributed by atoms with van der Waals surface area (Å²) in [5, 5.41) is 2.98. The lowest BCUT2D eigenvalue weighted by Crippen LogP contribution is -2.33. The molecule has 0 atom stereocenters. The molecule has 1 fully saturated rings. The van der Waals surface area contributed by atoms with Gasteiger partial charge in [0, 0.05) is 11.7 Å². The predicted octanol–water partition coefficient (Wildman–Crippen LogP) is 2.06. The van der Waals surface area contributed by atoms with Crippen molar-refractivity contribution in [1.82, 2.24) is 10.3 Å². The molecule has 0 aromatic carbocycles. The van der Waals surface area contributed by atoms with Gasteiger partial charge in [-0.15, -0.1) is 0 Å². The van der Waals surface area contributed by atoms with Crippen molar-refractivity contribution in [2.75, 3.05) is 0 Å². The van der Waals surface area contributed by atoms with Gasteiger partial charge in [0.25, 0.3) is 5.91 Å². The summed E-state index contributed by atoms with van der Waals surface area (Å²) in [6.45, 7) is 2.06. The van der Waals surface area contributed by atoms with E-state index >= 15 is 0 Å². The van der Waals surface area contributed by atoms with Gasteiger partial charge in [-0.1, -0.05) is 0 Å². The highest BCUT2D eigenvalue weighted by atomic mass is 79.9. The lowest BCUT2D eigenvalue weighted by atomic mass is 10.2. The minimum atomic E-state index is 0.00181. The Bertz CT molecular complexity index is 341. The minimum absolute atomic E-state index is 0.00181. The molecule has 2 N–H and O–H groups in total. The van der Waals surface area contributed by atoms with Gasteiger partial charge in [-0.3, -0.25) is 4.79 Å². The molecule has 0 saturated heterocycles. The summed E-state index contributed by atoms with van der Waals surface area (Å²) in [5.41, 5.74) is 0.737. The molecule has 0 unspecified atom stereocenters. The largest absolute Gasteiger partial charge is 0.355 e. The molecule has 1 aromatic rings. The second-order valence-electron chi connectivity index (χ2n) is 3.75. The van der Waals surface area contributed by atoms with Crippen molar-refractivity contribution in [1.29, 1.82) is 0 Å². The first-order valence-corrected chi connectivity index (χ1v) is 5.05. The van der Waals surface area contributed by atoms with Crippen LogP contribution in [0.1, 0.15) is 30.1 Å². The topological polar surface area (TPSA) is 44.9 Å². The van der Waals surface area contributed by atoms with E-state index in [1.807, 2.05) is 0 Å². The maximum atomic E-state index is 11.6. The molecule has 1 heterocycles. The first-order valence-electron chi connectivity index (χ1n) is 4.25. The third kappa shape index (κ3) is 1.94. The lowest BCUT2D eigenvalue weighted by Gasteiger charge is -2.09. The molecule has 0 spiro atoms. The van der Waals surface area contributed by atoms with Crippen LogP contribution in [0.5, 0.6) is 0 Å². The van der Waals surface area contributed by atoms with E-state index in [1.54, 1.807) is 12.3 Å². The van der Waals surface area contributed by atoms with Crippen molar-refractivity contribution in [3.63, 3.8) is 0 Å². The Kier molecular flexibility index (Phi) is 1.95. The van der Waals surface area contributed by atoms with Gasteiger partial charge in [-0.25, -0.2) is 0 Å². The number of amides is 1. The molecule has 3 nitrogen and oxygen atoms in total. The van der Waals surface area contributed by atoms with Gasteiger partial charge >= 0.3 is 0 Å². The van der Waals surface area contributed by atoms with Gasteiger partial charge in [0.05, 0.1) is 10.2 Å². The Morgan fingerprint density at radius 2 is 2.38 bits per heavy atom. The van der Waals surface area contributed by atoms with Gasteiger partial charge in [-0.2, -0.15) is 0 Å². The van der Waals surface area contributed by atoms with Crippen molar-refractivity contribution in [2.24, 2.45) is 0 Å². The average molecular weight is 243 g/mol. The molecular formula is C9H11BrN2O. The monoisotopic (exact) mass is 242 g/mol. The molecule has 13 heavy (non-hydrogen) atoms. The van der Waals surface area contributed by atoms with E-state index < -0.39 is 0 Å². The number of aromatic amines is 1. The molecule has 0 aliphatic heterocycles. The molecule has 4 heteroatoms. The first kappa shape index (κ1) is 8.81. The number of halogens is 1. The van der Waals surface area contributed by atoms with Gasteiger partial charge in [0.15, 0.2) is 0 Å². The number of carbonyl (C=O) groups excluding carboxylic acids is 1. The van der Waals surface area contributed by atoms with Crippen LogP contribution in [0.2, 0.25) is 0 Å². The fourth-order valence-electron chi connectivity index (χ4n) is 1.16. The van der Waals surface area contributed by atoms with Gasteiger partial charge in [0.1, 0.15) is 0 Å². The average Bonchev–Trinajstić information content (AvgIpc) is 2.62. The molecule has 1 aromatic heterocycles. The van der Waals surface area contributed by atoms with Crippen molar-refractivity contribution in [2.45, 2.75) is 25.3 Å². The number of hydrogen-bond donors (Lipinski definition) is 2. The highest BCUT2D eigenvalue weighted by Crippen LogP contribution is 2.34. The Labute approximate surface area is 85.0 Å². The van der Waals surface area contributed by atoms with Gasteiger partial charge in [0.2, 0.25) is 0 Å². The van der Waals surface area contributed by atoms with Crippen LogP contribution in [0.25, 0.3) is 0 Å². The van der Waals surface area contributed by atoms with E-state index in [4.69, 9.17) is 0 Å². The summed E-state index contributed by atoms with van der Waals surface area (Å²) < 4.78 is 0.832. The van der Waals surface area contributed by atoms with E-state index in [0.717, 1.165) is 17.4 Å². The van der Waals surface area contributed by atoms with Crippen molar-refractivity contribution >= 4 is 21.8 Å². The lowest BCUT2D eigenvalue weighted by molar-refractivity contribution is 0.0935. The van der Waals surface area contributed by atoms with E-state index in [9.17, 15) is 4.79 Å². The number of hydrogen-bond acceptors (Lipinski definition) is 1. The molecule has 1 aliphatic rings. The summed E-state index contributed by atoms with van der Waals surface area (Å²) in [6.07, 6.45) is 3.87. The Balaban J connectivity index is 2.05. The summed E-state index contributed by atoms with van der Waals surface area (Å²) in [5.74, 6) is 0.00181. The minimum Gasteiger partial charge on any atom is -0.355 e. The Morgan fingerprint density at radius 1 is 1.69 bits per heavy atom. The van der Waals surface area contributed by atoms with Crippen LogP contribution in [0, 0.1) is 0 Å². The molecule has 0 radical (unpaired) electrons. The molecule has 2 rings (SSSR count). The third-order valence-electron chi connectivity index (χ3n) is 2.33. The summed E-state index contributed by atoms with van der Waals surface area (Å²) in [7, 11) is 0. The normalized spacial score (nSPS) is 18.3. The number of aromatic nitrogens is 1. The predicted molar refractivity (Wildman–Crippen MR) is 53.6 cm³/mol. The van der Waals surface area contributed by atoms with Crippen molar-refractivity contribution in [3.05, 3.63) is 22.4 Å². The number of nitrogens with one attached hydrogen (secondary N) is 2. The quantitative estimate of drug-likeness (QED) is 0.820. The third-order valence-corrected chi connectivity index (χ3v) is 2.78. The fraction of sp³-hybridized carbons (Fsp3) is 0.444. The summed E-state index contributed by atoms with van der Waals surface area (Å²) in [6, 6.07) is 1.78. The molecule has 1 amide bonds. The molecule has 1 aliphatic carbocycles. The SMILES string of the molecule is CC1(NC(=O)c2c[nH]c(Br)c2)CC1. The van der Waals surface area contributed by atoms with E-state index in [2.05, 4.69) is 33.2 Å². The molecular weight excluding hydrogens is 232 g/mol. The van der Waals surface area contributed by atoms with Gasteiger partial charge < -0.3 is 10.3 Å². The van der Waals surface area contributed by atoms with Crippen LogP contribution in [-0.2, 0) is 0 Å². The van der Waals surface area contributed by atoms with Crippen molar-refractivity contribution in [3.8, 4) is 0 Å². The van der Waals surface area contributed by atoms with E-state index in [0.29, 0.717) is 5.56 Å². The standard InChI is InChI=1S/C9H11BrN2O/c1-9(2-3-9)12-8(13)6-4-7(10)11-5-6/h4-5,11H,2-3H2,1H3,(H,12,13). The van der Waals surface area contributed by atoms with Crippen molar-refractivity contribution < 1.29 is 4.79 Å². The van der Waals surface area contributed by atoms with E-state index in [1.165, 1.54) is 0 Å². The van der Waals surface area contributed by atoms with Crippen LogP contribution >= 0.6 is 15.9 Å². The fourth-order valence-corrected chi connectivity index (χ4v) is 1.52. The zero-order valence-corrected chi connectivity index (χ0v) is 8.94. The number of H-pyrrole nitrogens is 1. The van der Waals surface area contributed by atoms with Crippen LogP contribution in [-0.4, -0.2) is 16.4 Å². The van der Waals surface area contributed by atoms with Crippen LogP contribution in [0.4, 0.5) is 0 Å². The van der Waals surface area contributed by atoms with Gasteiger partial charge in [-0.05, 0) is 41.8 Å².